The van der Waals surface area contributed by atoms with Crippen molar-refractivity contribution >= 4 is 38.4 Å². The molecule has 3 heterocycles. The van der Waals surface area contributed by atoms with Crippen LogP contribution in [0.2, 0.25) is 0 Å². The van der Waals surface area contributed by atoms with E-state index in [1.54, 1.807) is 4.52 Å². The van der Waals surface area contributed by atoms with Crippen molar-refractivity contribution in [2.24, 2.45) is 0 Å². The summed E-state index contributed by atoms with van der Waals surface area (Å²) in [6.45, 7) is 6.33. The van der Waals surface area contributed by atoms with E-state index < -0.39 is 0 Å². The number of carbonyl (C=O) groups excluding carboxylic acids is 1. The zero-order chi connectivity index (χ0) is 19.0. The number of nitrogens with zero attached hydrogens (tertiary/aromatic N) is 5. The highest BCUT2D eigenvalue weighted by atomic mass is 32.1. The SMILES string of the molecule is CCOc1ccc2nc(NC(=O)Cc3c(C)nc4ncnn4c3C)sc2c1. The largest absolute Gasteiger partial charge is 0.494 e. The van der Waals surface area contributed by atoms with Gasteiger partial charge < -0.3 is 10.1 Å². The molecule has 0 aliphatic carbocycles. The van der Waals surface area contributed by atoms with E-state index >= 15 is 0 Å². The zero-order valence-electron chi connectivity index (χ0n) is 15.2. The number of rotatable bonds is 5. The molecular formula is C18H18N6O2S. The van der Waals surface area contributed by atoms with Gasteiger partial charge in [-0.25, -0.2) is 14.5 Å². The number of ether oxygens (including phenoxy) is 1. The molecule has 8 nitrogen and oxygen atoms in total. The van der Waals surface area contributed by atoms with E-state index in [2.05, 4.69) is 25.4 Å². The first-order valence-electron chi connectivity index (χ1n) is 8.54. The minimum Gasteiger partial charge on any atom is -0.494 e. The van der Waals surface area contributed by atoms with Crippen molar-refractivity contribution in [3.63, 3.8) is 0 Å². The van der Waals surface area contributed by atoms with Crippen LogP contribution in [0.25, 0.3) is 16.0 Å². The Morgan fingerprint density at radius 2 is 2.15 bits per heavy atom. The molecule has 0 atom stereocenters. The zero-order valence-corrected chi connectivity index (χ0v) is 16.0. The molecule has 0 bridgehead atoms. The number of hydrogen-bond donors (Lipinski definition) is 1. The number of aryl methyl sites for hydroxylation is 2. The number of aromatic nitrogens is 5. The molecule has 1 amide bonds. The van der Waals surface area contributed by atoms with Crippen molar-refractivity contribution in [3.05, 3.63) is 41.5 Å². The van der Waals surface area contributed by atoms with E-state index in [9.17, 15) is 4.79 Å². The van der Waals surface area contributed by atoms with Crippen molar-refractivity contribution in [1.82, 2.24) is 24.6 Å². The topological polar surface area (TPSA) is 94.3 Å². The monoisotopic (exact) mass is 382 g/mol. The van der Waals surface area contributed by atoms with Crippen LogP contribution in [0.4, 0.5) is 5.13 Å². The van der Waals surface area contributed by atoms with Crippen LogP contribution in [-0.4, -0.2) is 37.1 Å². The lowest BCUT2D eigenvalue weighted by atomic mass is 10.1. The standard InChI is InChI=1S/C18H18N6O2S/c1-4-26-12-5-6-14-15(7-12)27-18(22-14)23-16(25)8-13-10(2)21-17-19-9-20-24(17)11(13)3/h5-7,9H,4,8H2,1-3H3,(H,22,23,25). The molecule has 1 N–H and O–H groups in total. The smallest absolute Gasteiger partial charge is 0.252 e. The van der Waals surface area contributed by atoms with Gasteiger partial charge in [0.05, 0.1) is 23.2 Å². The van der Waals surface area contributed by atoms with Crippen molar-refractivity contribution in [3.8, 4) is 5.75 Å². The second kappa shape index (κ2) is 6.92. The average molecular weight is 382 g/mol. The lowest BCUT2D eigenvalue weighted by Gasteiger charge is -2.09. The molecule has 3 aromatic heterocycles. The Hall–Kier alpha value is -3.07. The first-order valence-corrected chi connectivity index (χ1v) is 9.36. The van der Waals surface area contributed by atoms with E-state index in [-0.39, 0.29) is 12.3 Å². The molecule has 0 fully saturated rings. The van der Waals surface area contributed by atoms with Crippen LogP contribution in [0.5, 0.6) is 5.75 Å². The van der Waals surface area contributed by atoms with E-state index in [0.717, 1.165) is 32.9 Å². The highest BCUT2D eigenvalue weighted by molar-refractivity contribution is 7.22. The van der Waals surface area contributed by atoms with E-state index in [1.807, 2.05) is 39.0 Å². The summed E-state index contributed by atoms with van der Waals surface area (Å²) in [7, 11) is 0. The van der Waals surface area contributed by atoms with Gasteiger partial charge in [-0.15, -0.1) is 0 Å². The summed E-state index contributed by atoms with van der Waals surface area (Å²) in [5, 5.41) is 7.60. The summed E-state index contributed by atoms with van der Waals surface area (Å²) >= 11 is 1.42. The fraction of sp³-hybridized carbons (Fsp3) is 0.278. The molecule has 0 aliphatic rings. The highest BCUT2D eigenvalue weighted by Gasteiger charge is 2.16. The molecule has 4 rings (SSSR count). The predicted molar refractivity (Wildman–Crippen MR) is 103 cm³/mol. The van der Waals surface area contributed by atoms with Crippen molar-refractivity contribution in [1.29, 1.82) is 0 Å². The maximum atomic E-state index is 12.6. The Balaban J connectivity index is 1.55. The molecule has 0 spiro atoms. The maximum Gasteiger partial charge on any atom is 0.252 e. The Kier molecular flexibility index (Phi) is 4.44. The molecule has 1 aromatic carbocycles. The number of carbonyl (C=O) groups is 1. The van der Waals surface area contributed by atoms with Crippen LogP contribution in [-0.2, 0) is 11.2 Å². The number of anilines is 1. The number of amides is 1. The number of benzene rings is 1. The van der Waals surface area contributed by atoms with Gasteiger partial charge in [0.1, 0.15) is 12.1 Å². The lowest BCUT2D eigenvalue weighted by Crippen LogP contribution is -2.17. The van der Waals surface area contributed by atoms with Gasteiger partial charge in [0.25, 0.3) is 5.78 Å². The van der Waals surface area contributed by atoms with Gasteiger partial charge in [-0.05, 0) is 39.0 Å². The van der Waals surface area contributed by atoms with Crippen molar-refractivity contribution < 1.29 is 9.53 Å². The normalized spacial score (nSPS) is 11.2. The molecule has 9 heteroatoms. The molecule has 138 valence electrons. The fourth-order valence-corrected chi connectivity index (χ4v) is 3.86. The molecule has 0 saturated heterocycles. The lowest BCUT2D eigenvalue weighted by molar-refractivity contribution is -0.115. The summed E-state index contributed by atoms with van der Waals surface area (Å²) in [5.41, 5.74) is 3.30. The molecule has 0 unspecified atom stereocenters. The molecule has 4 aromatic rings. The summed E-state index contributed by atoms with van der Waals surface area (Å²) in [6.07, 6.45) is 1.65. The van der Waals surface area contributed by atoms with Gasteiger partial charge in [0.2, 0.25) is 5.91 Å². The molecule has 27 heavy (non-hydrogen) atoms. The van der Waals surface area contributed by atoms with E-state index in [4.69, 9.17) is 4.74 Å². The third kappa shape index (κ3) is 3.33. The van der Waals surface area contributed by atoms with Crippen LogP contribution < -0.4 is 10.1 Å². The first-order chi connectivity index (χ1) is 13.0. The van der Waals surface area contributed by atoms with Crippen LogP contribution in [0, 0.1) is 13.8 Å². The molecule has 0 aliphatic heterocycles. The van der Waals surface area contributed by atoms with Gasteiger partial charge in [0, 0.05) is 17.0 Å². The first kappa shape index (κ1) is 17.3. The Morgan fingerprint density at radius 3 is 2.96 bits per heavy atom. The summed E-state index contributed by atoms with van der Waals surface area (Å²) < 4.78 is 8.12. The second-order valence-electron chi connectivity index (χ2n) is 6.04. The van der Waals surface area contributed by atoms with Crippen LogP contribution >= 0.6 is 11.3 Å². The number of nitrogens with one attached hydrogen (secondary N) is 1. The number of hydrogen-bond acceptors (Lipinski definition) is 7. The van der Waals surface area contributed by atoms with Gasteiger partial charge in [0.15, 0.2) is 5.13 Å². The van der Waals surface area contributed by atoms with Crippen LogP contribution in [0.1, 0.15) is 23.9 Å². The number of fused-ring (bicyclic) bond motifs is 2. The van der Waals surface area contributed by atoms with Gasteiger partial charge in [-0.2, -0.15) is 10.1 Å². The maximum absolute atomic E-state index is 12.6. The quantitative estimate of drug-likeness (QED) is 0.570. The summed E-state index contributed by atoms with van der Waals surface area (Å²) in [4.78, 5) is 25.5. The van der Waals surface area contributed by atoms with Gasteiger partial charge in [-0.3, -0.25) is 4.79 Å². The molecular weight excluding hydrogens is 364 g/mol. The average Bonchev–Trinajstić information content (AvgIpc) is 3.24. The fourth-order valence-electron chi connectivity index (χ4n) is 2.95. The van der Waals surface area contributed by atoms with E-state index in [0.29, 0.717) is 17.5 Å². The Labute approximate surface area is 159 Å². The highest BCUT2D eigenvalue weighted by Crippen LogP contribution is 2.29. The second-order valence-corrected chi connectivity index (χ2v) is 7.07. The molecule has 0 radical (unpaired) electrons. The minimum atomic E-state index is -0.147. The Bertz CT molecular complexity index is 1150. The Morgan fingerprint density at radius 1 is 1.30 bits per heavy atom. The summed E-state index contributed by atoms with van der Waals surface area (Å²) in [6, 6.07) is 5.70. The van der Waals surface area contributed by atoms with Crippen LogP contribution in [0.15, 0.2) is 24.5 Å². The third-order valence-electron chi connectivity index (χ3n) is 4.24. The van der Waals surface area contributed by atoms with E-state index in [1.165, 1.54) is 17.7 Å². The van der Waals surface area contributed by atoms with Gasteiger partial charge in [-0.1, -0.05) is 11.3 Å². The third-order valence-corrected chi connectivity index (χ3v) is 5.18. The van der Waals surface area contributed by atoms with Crippen molar-refractivity contribution in [2.75, 3.05) is 11.9 Å². The number of thiazole rings is 1. The predicted octanol–water partition coefficient (Wildman–Crippen LogP) is 2.93. The van der Waals surface area contributed by atoms with Crippen molar-refractivity contribution in [2.45, 2.75) is 27.2 Å². The molecule has 0 saturated carbocycles. The van der Waals surface area contributed by atoms with Gasteiger partial charge >= 0.3 is 0 Å². The minimum absolute atomic E-state index is 0.147. The summed E-state index contributed by atoms with van der Waals surface area (Å²) in [5.74, 6) is 1.18. The van der Waals surface area contributed by atoms with Crippen LogP contribution in [0.3, 0.4) is 0 Å².